The number of pyridine rings is 1. The van der Waals surface area contributed by atoms with Gasteiger partial charge in [-0.15, -0.1) is 0 Å². The van der Waals surface area contributed by atoms with Gasteiger partial charge in [-0.1, -0.05) is 0 Å². The van der Waals surface area contributed by atoms with E-state index < -0.39 is 0 Å². The minimum Gasteiger partial charge on any atom is -0.320 e. The Morgan fingerprint density at radius 3 is 2.60 bits per heavy atom. The summed E-state index contributed by atoms with van der Waals surface area (Å²) in [5.74, 6) is 0. The van der Waals surface area contributed by atoms with Crippen LogP contribution in [0.25, 0.3) is 0 Å². The third kappa shape index (κ3) is 1.94. The summed E-state index contributed by atoms with van der Waals surface area (Å²) in [6.07, 6.45) is 3.66. The van der Waals surface area contributed by atoms with Gasteiger partial charge in [0.1, 0.15) is 0 Å². The van der Waals surface area contributed by atoms with Crippen molar-refractivity contribution < 1.29 is 0 Å². The van der Waals surface area contributed by atoms with Crippen LogP contribution in [0.5, 0.6) is 0 Å². The first-order valence-corrected chi connectivity index (χ1v) is 5.83. The molecule has 15 heavy (non-hydrogen) atoms. The molecule has 0 aliphatic carbocycles. The number of rotatable bonds is 2. The topological polar surface area (TPSA) is 38.9 Å². The van der Waals surface area contributed by atoms with Gasteiger partial charge in [0.15, 0.2) is 0 Å². The lowest BCUT2D eigenvalue weighted by Gasteiger charge is -2.13. The molecule has 0 fully saturated rings. The average molecular weight is 218 g/mol. The van der Waals surface area contributed by atoms with Crippen molar-refractivity contribution in [1.82, 2.24) is 4.98 Å². The highest BCUT2D eigenvalue weighted by atomic mass is 32.1. The van der Waals surface area contributed by atoms with Gasteiger partial charge in [-0.2, -0.15) is 11.3 Å². The van der Waals surface area contributed by atoms with Gasteiger partial charge in [-0.05, 0) is 52.9 Å². The third-order valence-corrected chi connectivity index (χ3v) is 3.52. The normalized spacial score (nSPS) is 12.7. The molecule has 0 radical (unpaired) electrons. The van der Waals surface area contributed by atoms with E-state index in [4.69, 9.17) is 5.73 Å². The molecule has 2 aromatic rings. The fraction of sp³-hybridized carbons (Fsp3) is 0.250. The average Bonchev–Trinajstić information content (AvgIpc) is 2.64. The molecule has 1 unspecified atom stereocenters. The fourth-order valence-electron chi connectivity index (χ4n) is 1.66. The summed E-state index contributed by atoms with van der Waals surface area (Å²) < 4.78 is 0. The van der Waals surface area contributed by atoms with E-state index in [1.54, 1.807) is 17.5 Å². The molecule has 78 valence electrons. The molecular weight excluding hydrogens is 204 g/mol. The van der Waals surface area contributed by atoms with Crippen LogP contribution >= 0.6 is 11.3 Å². The van der Waals surface area contributed by atoms with E-state index >= 15 is 0 Å². The van der Waals surface area contributed by atoms with Crippen LogP contribution < -0.4 is 5.73 Å². The van der Waals surface area contributed by atoms with E-state index in [0.717, 1.165) is 5.56 Å². The summed E-state index contributed by atoms with van der Waals surface area (Å²) in [5, 5.41) is 4.24. The molecule has 3 heteroatoms. The summed E-state index contributed by atoms with van der Waals surface area (Å²) in [6.45, 7) is 4.16. The summed E-state index contributed by atoms with van der Waals surface area (Å²) in [4.78, 5) is 4.13. The summed E-state index contributed by atoms with van der Waals surface area (Å²) >= 11 is 1.69. The molecule has 0 saturated heterocycles. The molecule has 0 aliphatic heterocycles. The van der Waals surface area contributed by atoms with Crippen LogP contribution in [-0.2, 0) is 0 Å². The van der Waals surface area contributed by atoms with Crippen molar-refractivity contribution in [1.29, 1.82) is 0 Å². The van der Waals surface area contributed by atoms with E-state index in [9.17, 15) is 0 Å². The number of hydrogen-bond donors (Lipinski definition) is 1. The fourth-order valence-corrected chi connectivity index (χ4v) is 2.55. The van der Waals surface area contributed by atoms with Gasteiger partial charge in [0.25, 0.3) is 0 Å². The maximum absolute atomic E-state index is 6.23. The Morgan fingerprint density at radius 2 is 2.00 bits per heavy atom. The number of nitrogens with zero attached hydrogens (tertiary/aromatic N) is 1. The number of aryl methyl sites for hydroxylation is 2. The number of thiophene rings is 1. The summed E-state index contributed by atoms with van der Waals surface area (Å²) in [5.41, 5.74) is 11.0. The van der Waals surface area contributed by atoms with E-state index in [0.29, 0.717) is 0 Å². The third-order valence-electron chi connectivity index (χ3n) is 2.64. The van der Waals surface area contributed by atoms with Crippen LogP contribution in [-0.4, -0.2) is 4.98 Å². The Hall–Kier alpha value is -1.19. The van der Waals surface area contributed by atoms with Crippen molar-refractivity contribution in [3.05, 3.63) is 51.5 Å². The Labute approximate surface area is 93.8 Å². The van der Waals surface area contributed by atoms with Crippen LogP contribution in [0.1, 0.15) is 28.3 Å². The first-order valence-electron chi connectivity index (χ1n) is 4.89. The van der Waals surface area contributed by atoms with Gasteiger partial charge in [-0.25, -0.2) is 0 Å². The first-order chi connectivity index (χ1) is 7.20. The second-order valence-corrected chi connectivity index (χ2v) is 4.46. The highest BCUT2D eigenvalue weighted by Gasteiger charge is 2.13. The predicted octanol–water partition coefficient (Wildman–Crippen LogP) is 2.81. The maximum atomic E-state index is 6.23. The first kappa shape index (κ1) is 10.3. The summed E-state index contributed by atoms with van der Waals surface area (Å²) in [7, 11) is 0. The Balaban J connectivity index is 2.41. The minimum atomic E-state index is -0.0510. The van der Waals surface area contributed by atoms with Crippen molar-refractivity contribution >= 4 is 11.3 Å². The lowest BCUT2D eigenvalue weighted by molar-refractivity contribution is 0.850. The van der Waals surface area contributed by atoms with Crippen LogP contribution in [0.2, 0.25) is 0 Å². The lowest BCUT2D eigenvalue weighted by atomic mass is 9.97. The van der Waals surface area contributed by atoms with E-state index in [2.05, 4.69) is 29.6 Å². The largest absolute Gasteiger partial charge is 0.320 e. The second kappa shape index (κ2) is 4.13. The molecule has 2 heterocycles. The Bertz CT molecular complexity index is 462. The zero-order chi connectivity index (χ0) is 10.8. The van der Waals surface area contributed by atoms with E-state index in [1.165, 1.54) is 16.7 Å². The van der Waals surface area contributed by atoms with Gasteiger partial charge in [0, 0.05) is 12.4 Å². The molecule has 1 atom stereocenters. The van der Waals surface area contributed by atoms with Crippen molar-refractivity contribution in [2.45, 2.75) is 19.9 Å². The van der Waals surface area contributed by atoms with Gasteiger partial charge >= 0.3 is 0 Å². The molecule has 0 aromatic carbocycles. The zero-order valence-corrected chi connectivity index (χ0v) is 9.71. The standard InChI is InChI=1S/C12H14N2S/c1-8-3-4-14-5-10(8)12(13)11-7-15-6-9(11)2/h3-7,12H,13H2,1-2H3. The quantitative estimate of drug-likeness (QED) is 0.841. The van der Waals surface area contributed by atoms with Crippen LogP contribution in [0, 0.1) is 13.8 Å². The van der Waals surface area contributed by atoms with Crippen LogP contribution in [0.3, 0.4) is 0 Å². The van der Waals surface area contributed by atoms with Crippen molar-refractivity contribution in [2.24, 2.45) is 5.73 Å². The van der Waals surface area contributed by atoms with Gasteiger partial charge < -0.3 is 5.73 Å². The SMILES string of the molecule is Cc1ccncc1C(N)c1cscc1C. The molecule has 0 spiro atoms. The maximum Gasteiger partial charge on any atom is 0.0580 e. The molecule has 2 aromatic heterocycles. The highest BCUT2D eigenvalue weighted by Crippen LogP contribution is 2.26. The van der Waals surface area contributed by atoms with Crippen molar-refractivity contribution in [3.8, 4) is 0 Å². The zero-order valence-electron chi connectivity index (χ0n) is 8.90. The summed E-state index contributed by atoms with van der Waals surface area (Å²) in [6, 6.07) is 1.95. The Kier molecular flexibility index (Phi) is 2.84. The number of aromatic nitrogens is 1. The minimum absolute atomic E-state index is 0.0510. The van der Waals surface area contributed by atoms with Crippen molar-refractivity contribution in [2.75, 3.05) is 0 Å². The number of hydrogen-bond acceptors (Lipinski definition) is 3. The molecule has 0 aliphatic rings. The van der Waals surface area contributed by atoms with Crippen LogP contribution in [0.15, 0.2) is 29.2 Å². The molecule has 2 N–H and O–H groups in total. The highest BCUT2D eigenvalue weighted by molar-refractivity contribution is 7.08. The van der Waals surface area contributed by atoms with E-state index in [1.807, 2.05) is 12.3 Å². The number of nitrogens with two attached hydrogens (primary N) is 1. The van der Waals surface area contributed by atoms with E-state index in [-0.39, 0.29) is 6.04 Å². The smallest absolute Gasteiger partial charge is 0.0580 e. The lowest BCUT2D eigenvalue weighted by Crippen LogP contribution is -2.13. The van der Waals surface area contributed by atoms with Gasteiger partial charge in [0.05, 0.1) is 6.04 Å². The Morgan fingerprint density at radius 1 is 1.20 bits per heavy atom. The molecule has 0 bridgehead atoms. The molecule has 2 rings (SSSR count). The predicted molar refractivity (Wildman–Crippen MR) is 64.1 cm³/mol. The van der Waals surface area contributed by atoms with Gasteiger partial charge in [-0.3, -0.25) is 4.98 Å². The molecule has 2 nitrogen and oxygen atoms in total. The monoisotopic (exact) mass is 218 g/mol. The molecule has 0 saturated carbocycles. The molecular formula is C12H14N2S. The van der Waals surface area contributed by atoms with Crippen LogP contribution in [0.4, 0.5) is 0 Å². The van der Waals surface area contributed by atoms with Crippen molar-refractivity contribution in [3.63, 3.8) is 0 Å². The second-order valence-electron chi connectivity index (χ2n) is 3.72. The van der Waals surface area contributed by atoms with Gasteiger partial charge in [0.2, 0.25) is 0 Å². The molecule has 0 amide bonds.